The number of cyclic esters (lactones) is 1. The lowest BCUT2D eigenvalue weighted by Gasteiger charge is -2.38. The molecule has 3 amide bonds. The lowest BCUT2D eigenvalue weighted by Crippen LogP contribution is -2.58. The smallest absolute Gasteiger partial charge is 0.313 e. The van der Waals surface area contributed by atoms with E-state index in [9.17, 15) is 19.5 Å². The van der Waals surface area contributed by atoms with Crippen LogP contribution in [0.4, 0.5) is 5.69 Å². The summed E-state index contributed by atoms with van der Waals surface area (Å²) in [5.41, 5.74) is -0.112. The summed E-state index contributed by atoms with van der Waals surface area (Å²) in [7, 11) is 0. The summed E-state index contributed by atoms with van der Waals surface area (Å²) in [6.45, 7) is 1.72. The standard InChI is InChI=1S/C38H39N3O7/c1-2-27(23-42)41-34-36(45)40(28-17-16-24-11-8-9-14-26(24)21-28)20-10-4-7-15-31(43)39-22-30(25-12-5-3-6-13-25)47-37(46)32-29-18-19-38(34,48-29)33(32)35(41)44/h3-6,8-14,16-19,21,27,29-30,32-34,42H,2,7,15,20,22-23H2,1H3,(H,39,43)/b10-4-/t27-,29+,30+,32-,33-,34+,38-/m0/s1. The minimum atomic E-state index is -1.44. The molecule has 0 aromatic heterocycles. The van der Waals surface area contributed by atoms with Gasteiger partial charge in [-0.3, -0.25) is 19.2 Å². The molecule has 3 aromatic rings. The van der Waals surface area contributed by atoms with Crippen LogP contribution in [-0.2, 0) is 28.7 Å². The molecule has 4 aliphatic heterocycles. The Morgan fingerprint density at radius 3 is 2.50 bits per heavy atom. The number of carbonyl (C=O) groups excluding carboxylic acids is 4. The Labute approximate surface area is 279 Å². The maximum absolute atomic E-state index is 15.0. The van der Waals surface area contributed by atoms with E-state index in [1.54, 1.807) is 17.1 Å². The Balaban J connectivity index is 1.33. The fourth-order valence-electron chi connectivity index (χ4n) is 7.70. The highest BCUT2D eigenvalue weighted by atomic mass is 16.6. The van der Waals surface area contributed by atoms with Crippen molar-refractivity contribution in [2.75, 3.05) is 24.6 Å². The summed E-state index contributed by atoms with van der Waals surface area (Å²) in [6, 6.07) is 20.9. The Hall–Kier alpha value is -4.80. The maximum atomic E-state index is 15.0. The van der Waals surface area contributed by atoms with E-state index in [1.807, 2.05) is 91.9 Å². The van der Waals surface area contributed by atoms with Gasteiger partial charge in [0.25, 0.3) is 5.91 Å². The highest BCUT2D eigenvalue weighted by molar-refractivity contribution is 6.06. The minimum Gasteiger partial charge on any atom is -0.455 e. The number of rotatable bonds is 5. The molecule has 10 nitrogen and oxygen atoms in total. The van der Waals surface area contributed by atoms with Gasteiger partial charge < -0.3 is 29.7 Å². The molecule has 0 saturated carbocycles. The normalized spacial score (nSPS) is 30.3. The van der Waals surface area contributed by atoms with Gasteiger partial charge in [-0.05, 0) is 41.3 Å². The summed E-state index contributed by atoms with van der Waals surface area (Å²) in [4.78, 5) is 59.6. The lowest BCUT2D eigenvalue weighted by atomic mass is 9.74. The number of allylic oxidation sites excluding steroid dienone is 1. The van der Waals surface area contributed by atoms with Crippen molar-refractivity contribution >= 4 is 40.2 Å². The zero-order valence-corrected chi connectivity index (χ0v) is 26.7. The van der Waals surface area contributed by atoms with E-state index in [1.165, 1.54) is 4.90 Å². The number of hydrogen-bond acceptors (Lipinski definition) is 7. The molecule has 0 unspecified atom stereocenters. The van der Waals surface area contributed by atoms with Crippen LogP contribution < -0.4 is 10.2 Å². The van der Waals surface area contributed by atoms with Gasteiger partial charge in [0, 0.05) is 18.7 Å². The Morgan fingerprint density at radius 2 is 1.73 bits per heavy atom. The van der Waals surface area contributed by atoms with Gasteiger partial charge in [-0.25, -0.2) is 0 Å². The predicted octanol–water partition coefficient (Wildman–Crippen LogP) is 3.85. The molecule has 10 heteroatoms. The number of carbonyl (C=O) groups is 4. The molecule has 3 aromatic carbocycles. The van der Waals surface area contributed by atoms with Crippen molar-refractivity contribution in [3.63, 3.8) is 0 Å². The fraction of sp³-hybridized carbons (Fsp3) is 0.368. The van der Waals surface area contributed by atoms with Crippen LogP contribution >= 0.6 is 0 Å². The molecule has 2 saturated heterocycles. The predicted molar refractivity (Wildman–Crippen MR) is 178 cm³/mol. The van der Waals surface area contributed by atoms with Gasteiger partial charge in [0.05, 0.1) is 31.2 Å². The van der Waals surface area contributed by atoms with Crippen LogP contribution in [0.15, 0.2) is 97.1 Å². The van der Waals surface area contributed by atoms with Crippen LogP contribution in [0.1, 0.15) is 37.9 Å². The van der Waals surface area contributed by atoms with Gasteiger partial charge in [-0.15, -0.1) is 0 Å². The molecule has 7 atom stereocenters. The second kappa shape index (κ2) is 13.0. The van der Waals surface area contributed by atoms with E-state index in [0.717, 1.165) is 10.8 Å². The Bertz CT molecular complexity index is 1790. The van der Waals surface area contributed by atoms with Crippen LogP contribution in [0.5, 0.6) is 0 Å². The van der Waals surface area contributed by atoms with Gasteiger partial charge >= 0.3 is 5.97 Å². The summed E-state index contributed by atoms with van der Waals surface area (Å²) in [6.07, 6.45) is 6.66. The van der Waals surface area contributed by atoms with Gasteiger partial charge in [0.1, 0.15) is 23.7 Å². The van der Waals surface area contributed by atoms with Crippen molar-refractivity contribution in [1.29, 1.82) is 0 Å². The molecule has 0 radical (unpaired) electrons. The molecule has 4 heterocycles. The molecule has 4 aliphatic rings. The van der Waals surface area contributed by atoms with Gasteiger partial charge in [-0.2, -0.15) is 0 Å². The van der Waals surface area contributed by atoms with E-state index in [4.69, 9.17) is 9.47 Å². The number of nitrogens with one attached hydrogen (secondary N) is 1. The third-order valence-electron chi connectivity index (χ3n) is 10.1. The Kier molecular flexibility index (Phi) is 8.61. The van der Waals surface area contributed by atoms with Crippen molar-refractivity contribution < 1.29 is 33.8 Å². The van der Waals surface area contributed by atoms with Crippen molar-refractivity contribution in [2.45, 2.75) is 56.1 Å². The number of nitrogens with zero attached hydrogens (tertiary/aromatic N) is 2. The maximum Gasteiger partial charge on any atom is 0.313 e. The number of aliphatic hydroxyl groups is 1. The third-order valence-corrected chi connectivity index (χ3v) is 10.1. The molecule has 7 rings (SSSR count). The quantitative estimate of drug-likeness (QED) is 0.318. The average Bonchev–Trinajstić information content (AvgIpc) is 3.76. The number of aliphatic hydroxyl groups excluding tert-OH is 1. The number of ether oxygens (including phenoxy) is 2. The second-order valence-electron chi connectivity index (χ2n) is 12.8. The molecular weight excluding hydrogens is 610 g/mol. The number of hydrogen-bond donors (Lipinski definition) is 2. The van der Waals surface area contributed by atoms with E-state index >= 15 is 4.79 Å². The van der Waals surface area contributed by atoms with Crippen LogP contribution in [0.2, 0.25) is 0 Å². The average molecular weight is 650 g/mol. The molecule has 2 fully saturated rings. The van der Waals surface area contributed by atoms with Crippen LogP contribution in [0.3, 0.4) is 0 Å². The minimum absolute atomic E-state index is 0.0571. The van der Waals surface area contributed by atoms with Gasteiger partial charge in [0.2, 0.25) is 11.8 Å². The first-order valence-corrected chi connectivity index (χ1v) is 16.6. The summed E-state index contributed by atoms with van der Waals surface area (Å²) in [5, 5.41) is 15.3. The lowest BCUT2D eigenvalue weighted by molar-refractivity contribution is -0.160. The first-order valence-electron chi connectivity index (χ1n) is 16.6. The number of amides is 3. The number of likely N-dealkylation sites (tertiary alicyclic amines) is 1. The molecule has 0 aliphatic carbocycles. The van der Waals surface area contributed by atoms with Crippen molar-refractivity contribution in [1.82, 2.24) is 10.2 Å². The topological polar surface area (TPSA) is 125 Å². The highest BCUT2D eigenvalue weighted by Crippen LogP contribution is 2.56. The highest BCUT2D eigenvalue weighted by Gasteiger charge is 2.74. The summed E-state index contributed by atoms with van der Waals surface area (Å²) in [5.74, 6) is -3.72. The first-order chi connectivity index (χ1) is 23.4. The van der Waals surface area contributed by atoms with E-state index in [0.29, 0.717) is 24.1 Å². The van der Waals surface area contributed by atoms with Crippen LogP contribution in [-0.4, -0.2) is 77.2 Å². The summed E-state index contributed by atoms with van der Waals surface area (Å²) >= 11 is 0. The Morgan fingerprint density at radius 1 is 0.958 bits per heavy atom. The van der Waals surface area contributed by atoms with Crippen molar-refractivity contribution in [3.05, 3.63) is 103 Å². The van der Waals surface area contributed by atoms with Crippen molar-refractivity contribution in [3.8, 4) is 0 Å². The molecule has 2 N–H and O–H groups in total. The molecule has 248 valence electrons. The first kappa shape index (κ1) is 31.8. The zero-order chi connectivity index (χ0) is 33.4. The van der Waals surface area contributed by atoms with Crippen LogP contribution in [0, 0.1) is 11.8 Å². The monoisotopic (exact) mass is 649 g/mol. The number of esters is 1. The SMILES string of the molecule is CC[C@@H](CO)N1C(=O)[C@@H]2[C@H]3C(=O)O[C@@H](c4ccccc4)CNC(=O)CC/C=C\CN(c4ccc5ccccc5c4)C(=O)[C@@H]1[C@]21C=C[C@H]3O1. The molecule has 5 bridgehead atoms. The number of benzene rings is 3. The third kappa shape index (κ3) is 5.38. The second-order valence-corrected chi connectivity index (χ2v) is 12.8. The fourth-order valence-corrected chi connectivity index (χ4v) is 7.70. The van der Waals surface area contributed by atoms with Crippen molar-refractivity contribution in [2.24, 2.45) is 11.8 Å². The number of anilines is 1. The largest absolute Gasteiger partial charge is 0.455 e. The van der Waals surface area contributed by atoms with Gasteiger partial charge in [0.15, 0.2) is 0 Å². The molecule has 1 spiro atoms. The van der Waals surface area contributed by atoms with E-state index in [2.05, 4.69) is 5.32 Å². The van der Waals surface area contributed by atoms with Crippen LogP contribution in [0.25, 0.3) is 10.8 Å². The number of fused-ring (bicyclic) bond motifs is 3. The van der Waals surface area contributed by atoms with Gasteiger partial charge in [-0.1, -0.05) is 91.9 Å². The molecule has 48 heavy (non-hydrogen) atoms. The van der Waals surface area contributed by atoms with E-state index < -0.39 is 53.6 Å². The summed E-state index contributed by atoms with van der Waals surface area (Å²) < 4.78 is 12.7. The van der Waals surface area contributed by atoms with E-state index in [-0.39, 0.29) is 37.9 Å². The molecular formula is C38H39N3O7. The zero-order valence-electron chi connectivity index (χ0n) is 26.7.